The molecule has 0 aliphatic carbocycles. The number of nitrogens with zero attached hydrogens (tertiary/aromatic N) is 1. The molecule has 0 unspecified atom stereocenters. The number of hydrogen-bond acceptors (Lipinski definition) is 3. The van der Waals surface area contributed by atoms with Gasteiger partial charge in [0.05, 0.1) is 5.38 Å². The van der Waals surface area contributed by atoms with Gasteiger partial charge < -0.3 is 4.74 Å². The monoisotopic (exact) mass is 190 g/mol. The van der Waals surface area contributed by atoms with Gasteiger partial charge in [-0.2, -0.15) is 4.98 Å². The third-order valence-electron chi connectivity index (χ3n) is 1.61. The van der Waals surface area contributed by atoms with Crippen LogP contribution in [-0.4, -0.2) is 4.98 Å². The molecule has 0 bridgehead atoms. The Morgan fingerprint density at radius 1 is 1.31 bits per heavy atom. The number of benzene rings is 1. The van der Waals surface area contributed by atoms with Crippen molar-refractivity contribution in [3.8, 4) is 11.6 Å². The zero-order valence-electron chi connectivity index (χ0n) is 7.15. The minimum Gasteiger partial charge on any atom is -0.438 e. The summed E-state index contributed by atoms with van der Waals surface area (Å²) in [6.45, 7) is 2.04. The Morgan fingerprint density at radius 2 is 2.08 bits per heavy atom. The van der Waals surface area contributed by atoms with E-state index >= 15 is 0 Å². The van der Waals surface area contributed by atoms with Gasteiger partial charge in [0.25, 0.3) is 0 Å². The Bertz CT molecular complexity index is 366. The van der Waals surface area contributed by atoms with Crippen molar-refractivity contribution in [2.24, 2.45) is 0 Å². The van der Waals surface area contributed by atoms with Gasteiger partial charge in [0.15, 0.2) is 5.51 Å². The summed E-state index contributed by atoms with van der Waals surface area (Å²) in [4.78, 5) is 3.91. The average Bonchev–Trinajstić information content (AvgIpc) is 2.62. The van der Waals surface area contributed by atoms with Crippen LogP contribution in [0.5, 0.6) is 11.6 Å². The lowest BCUT2D eigenvalue weighted by Crippen LogP contribution is -1.83. The van der Waals surface area contributed by atoms with Crippen LogP contribution in [0.15, 0.2) is 29.6 Å². The molecule has 0 amide bonds. The topological polar surface area (TPSA) is 22.1 Å². The first-order chi connectivity index (χ1) is 6.34. The number of thiazole rings is 1. The van der Waals surface area contributed by atoms with Crippen molar-refractivity contribution in [2.45, 2.75) is 6.92 Å². The van der Waals surface area contributed by atoms with Crippen molar-refractivity contribution in [1.82, 2.24) is 4.98 Å². The Hall–Kier alpha value is -1.35. The van der Waals surface area contributed by atoms with Crippen molar-refractivity contribution in [2.75, 3.05) is 0 Å². The third-order valence-corrected chi connectivity index (χ3v) is 2.13. The van der Waals surface area contributed by atoms with Gasteiger partial charge in [-0.3, -0.25) is 0 Å². The van der Waals surface area contributed by atoms with E-state index in [-0.39, 0.29) is 0 Å². The lowest BCUT2D eigenvalue weighted by molar-refractivity contribution is 0.466. The van der Waals surface area contributed by atoms with E-state index in [1.165, 1.54) is 16.9 Å². The van der Waals surface area contributed by atoms with E-state index in [0.717, 1.165) is 5.75 Å². The largest absolute Gasteiger partial charge is 0.438 e. The van der Waals surface area contributed by atoms with Crippen molar-refractivity contribution in [3.63, 3.8) is 0 Å². The maximum absolute atomic E-state index is 5.44. The molecule has 0 atom stereocenters. The van der Waals surface area contributed by atoms with Gasteiger partial charge in [0.1, 0.15) is 5.75 Å². The highest BCUT2D eigenvalue weighted by Crippen LogP contribution is 2.20. The molecule has 2 nitrogen and oxygen atoms in total. The van der Waals surface area contributed by atoms with Crippen LogP contribution in [0.1, 0.15) is 5.56 Å². The summed E-state index contributed by atoms with van der Waals surface area (Å²) in [5.74, 6) is 1.42. The summed E-state index contributed by atoms with van der Waals surface area (Å²) >= 11 is 1.40. The number of aromatic nitrogens is 1. The van der Waals surface area contributed by atoms with Crippen LogP contribution in [0.4, 0.5) is 0 Å². The minimum absolute atomic E-state index is 0.605. The van der Waals surface area contributed by atoms with Crippen LogP contribution in [0.25, 0.3) is 0 Å². The molecule has 1 aromatic carbocycles. The summed E-state index contributed by atoms with van der Waals surface area (Å²) < 4.78 is 5.44. The predicted octanol–water partition coefficient (Wildman–Crippen LogP) is 3.04. The lowest BCUT2D eigenvalue weighted by Gasteiger charge is -2.00. The van der Waals surface area contributed by atoms with E-state index in [0.29, 0.717) is 5.88 Å². The second kappa shape index (κ2) is 3.58. The fourth-order valence-corrected chi connectivity index (χ4v) is 1.35. The standard InChI is InChI=1S/C10H8NOS/c1-8-2-4-9(5-3-8)12-10-6-13-7-11-10/h2-6H,1H3. The van der Waals surface area contributed by atoms with E-state index in [9.17, 15) is 0 Å². The van der Waals surface area contributed by atoms with Crippen molar-refractivity contribution >= 4 is 11.3 Å². The lowest BCUT2D eigenvalue weighted by atomic mass is 10.2. The second-order valence-corrected chi connectivity index (χ2v) is 3.35. The summed E-state index contributed by atoms with van der Waals surface area (Å²) in [5, 5.41) is 1.82. The van der Waals surface area contributed by atoms with E-state index in [2.05, 4.69) is 10.5 Å². The second-order valence-electron chi connectivity index (χ2n) is 2.69. The molecule has 0 saturated carbocycles. The van der Waals surface area contributed by atoms with Crippen LogP contribution in [-0.2, 0) is 0 Å². The van der Waals surface area contributed by atoms with Gasteiger partial charge >= 0.3 is 0 Å². The third kappa shape index (κ3) is 2.06. The molecule has 13 heavy (non-hydrogen) atoms. The van der Waals surface area contributed by atoms with Crippen molar-refractivity contribution < 1.29 is 4.74 Å². The van der Waals surface area contributed by atoms with Gasteiger partial charge in [-0.15, -0.1) is 11.3 Å². The molecule has 0 spiro atoms. The summed E-state index contributed by atoms with van der Waals surface area (Å²) in [5.41, 5.74) is 3.95. The average molecular weight is 190 g/mol. The molecule has 1 heterocycles. The molecule has 0 fully saturated rings. The molecule has 0 aliphatic heterocycles. The highest BCUT2D eigenvalue weighted by Gasteiger charge is 1.97. The van der Waals surface area contributed by atoms with E-state index in [1.807, 2.05) is 36.6 Å². The first-order valence-electron chi connectivity index (χ1n) is 3.91. The Kier molecular flexibility index (Phi) is 2.27. The molecule has 1 radical (unpaired) electrons. The number of rotatable bonds is 2. The number of ether oxygens (including phenoxy) is 1. The molecule has 0 saturated heterocycles. The van der Waals surface area contributed by atoms with Gasteiger partial charge in [-0.1, -0.05) is 17.7 Å². The van der Waals surface area contributed by atoms with E-state index in [4.69, 9.17) is 4.74 Å². The van der Waals surface area contributed by atoms with Gasteiger partial charge in [0.2, 0.25) is 5.88 Å². The summed E-state index contributed by atoms with van der Waals surface area (Å²) in [7, 11) is 0. The van der Waals surface area contributed by atoms with Gasteiger partial charge in [-0.25, -0.2) is 0 Å². The van der Waals surface area contributed by atoms with Crippen LogP contribution < -0.4 is 4.74 Å². The smallest absolute Gasteiger partial charge is 0.230 e. The zero-order valence-corrected chi connectivity index (χ0v) is 7.97. The van der Waals surface area contributed by atoms with Gasteiger partial charge in [-0.05, 0) is 19.1 Å². The number of hydrogen-bond donors (Lipinski definition) is 0. The highest BCUT2D eigenvalue weighted by atomic mass is 32.1. The van der Waals surface area contributed by atoms with E-state index < -0.39 is 0 Å². The van der Waals surface area contributed by atoms with Crippen molar-refractivity contribution in [1.29, 1.82) is 0 Å². The van der Waals surface area contributed by atoms with Crippen LogP contribution >= 0.6 is 11.3 Å². The van der Waals surface area contributed by atoms with Gasteiger partial charge in [0, 0.05) is 0 Å². The van der Waals surface area contributed by atoms with Crippen LogP contribution in [0.2, 0.25) is 0 Å². The predicted molar refractivity (Wildman–Crippen MR) is 52.2 cm³/mol. The molecule has 65 valence electrons. The summed E-state index contributed by atoms with van der Waals surface area (Å²) in [6.07, 6.45) is 0. The fraction of sp³-hybridized carbons (Fsp3) is 0.100. The summed E-state index contributed by atoms with van der Waals surface area (Å²) in [6, 6.07) is 7.86. The normalized spacial score (nSPS) is 9.92. The van der Waals surface area contributed by atoms with E-state index in [1.54, 1.807) is 0 Å². The quantitative estimate of drug-likeness (QED) is 0.726. The zero-order chi connectivity index (χ0) is 9.10. The Labute approximate surface area is 80.8 Å². The first-order valence-corrected chi connectivity index (χ1v) is 4.78. The maximum Gasteiger partial charge on any atom is 0.230 e. The molecule has 1 aromatic heterocycles. The molecule has 3 heteroatoms. The van der Waals surface area contributed by atoms with Crippen LogP contribution in [0, 0.1) is 12.4 Å². The first kappa shape index (κ1) is 8.26. The fourth-order valence-electron chi connectivity index (χ4n) is 0.948. The highest BCUT2D eigenvalue weighted by molar-refractivity contribution is 7.07. The molecule has 2 aromatic rings. The number of aryl methyl sites for hydroxylation is 1. The molecule has 0 N–H and O–H groups in total. The van der Waals surface area contributed by atoms with Crippen molar-refractivity contribution in [3.05, 3.63) is 40.7 Å². The van der Waals surface area contributed by atoms with Crippen LogP contribution in [0.3, 0.4) is 0 Å². The molecule has 2 rings (SSSR count). The Morgan fingerprint density at radius 3 is 2.69 bits per heavy atom. The minimum atomic E-state index is 0.605. The molecular weight excluding hydrogens is 182 g/mol. The molecule has 0 aliphatic rings. The Balaban J connectivity index is 2.15. The molecular formula is C10H8NOS. The maximum atomic E-state index is 5.44. The SMILES string of the molecule is Cc1ccc(Oc2cs[c]n2)cc1.